The number of hydrogen-bond donors (Lipinski definition) is 3. The summed E-state index contributed by atoms with van der Waals surface area (Å²) in [5.41, 5.74) is 0.938. The molecule has 1 unspecified atom stereocenters. The van der Waals surface area contributed by atoms with Gasteiger partial charge in [-0.25, -0.2) is 0 Å². The van der Waals surface area contributed by atoms with Crippen LogP contribution in [0.4, 0.5) is 0 Å². The molecule has 3 N–H and O–H groups in total. The Labute approximate surface area is 168 Å². The van der Waals surface area contributed by atoms with E-state index in [-0.39, 0.29) is 5.41 Å². The molecular weight excluding hydrogens is 358 g/mol. The molecule has 0 bridgehead atoms. The van der Waals surface area contributed by atoms with Gasteiger partial charge in [-0.1, -0.05) is 6.42 Å². The van der Waals surface area contributed by atoms with E-state index in [4.69, 9.17) is 19.2 Å². The second kappa shape index (κ2) is 11.1. The van der Waals surface area contributed by atoms with Gasteiger partial charge >= 0.3 is 0 Å². The van der Waals surface area contributed by atoms with Crippen molar-refractivity contribution in [3.8, 4) is 11.5 Å². The van der Waals surface area contributed by atoms with Crippen LogP contribution in [0.3, 0.4) is 0 Å². The lowest BCUT2D eigenvalue weighted by Gasteiger charge is -2.40. The molecule has 0 amide bonds. The van der Waals surface area contributed by atoms with Gasteiger partial charge < -0.3 is 30.0 Å². The van der Waals surface area contributed by atoms with Crippen LogP contribution in [-0.2, 0) is 4.74 Å². The van der Waals surface area contributed by atoms with Gasteiger partial charge in [0.05, 0.1) is 20.3 Å². The zero-order valence-electron chi connectivity index (χ0n) is 17.6. The minimum absolute atomic E-state index is 0.257. The molecule has 1 aromatic rings. The summed E-state index contributed by atoms with van der Waals surface area (Å²) in [5.74, 6) is 2.03. The average molecular weight is 394 g/mol. The molecule has 1 fully saturated rings. The van der Waals surface area contributed by atoms with Gasteiger partial charge in [0.2, 0.25) is 0 Å². The second-order valence-electron chi connectivity index (χ2n) is 7.30. The topological polar surface area (TPSA) is 84.3 Å². The van der Waals surface area contributed by atoms with Crippen molar-refractivity contribution >= 4 is 5.96 Å². The number of hydrogen-bond acceptors (Lipinski definition) is 5. The molecule has 1 aromatic carbocycles. The Morgan fingerprint density at radius 1 is 1.21 bits per heavy atom. The van der Waals surface area contributed by atoms with Crippen molar-refractivity contribution in [2.45, 2.75) is 38.7 Å². The Morgan fingerprint density at radius 2 is 2.00 bits per heavy atom. The smallest absolute Gasteiger partial charge is 0.191 e. The zero-order valence-corrected chi connectivity index (χ0v) is 17.6. The highest BCUT2D eigenvalue weighted by atomic mass is 16.5. The lowest BCUT2D eigenvalue weighted by molar-refractivity contribution is 0.0778. The number of aliphatic hydroxyl groups is 1. The molecular formula is C21H35N3O4. The molecule has 28 heavy (non-hydrogen) atoms. The van der Waals surface area contributed by atoms with Gasteiger partial charge in [0.25, 0.3) is 0 Å². The van der Waals surface area contributed by atoms with Crippen LogP contribution in [0.1, 0.15) is 44.3 Å². The first-order valence-corrected chi connectivity index (χ1v) is 9.98. The third kappa shape index (κ3) is 6.01. The molecule has 0 aromatic heterocycles. The number of guanidine groups is 1. The lowest BCUT2D eigenvalue weighted by atomic mass is 9.67. The monoisotopic (exact) mass is 393 g/mol. The van der Waals surface area contributed by atoms with Gasteiger partial charge in [-0.2, -0.15) is 0 Å². The third-order valence-electron chi connectivity index (χ3n) is 5.43. The number of aliphatic imine (C=N–C) groups is 1. The second-order valence-corrected chi connectivity index (χ2v) is 7.30. The highest BCUT2D eigenvalue weighted by molar-refractivity contribution is 5.79. The van der Waals surface area contributed by atoms with Gasteiger partial charge in [-0.15, -0.1) is 0 Å². The standard InChI is InChI=1S/C21H35N3O4/c1-5-22-20(24-15-21(9-6-10-21)11-12-26-2)23-14-18(25)17-13-16(27-3)7-8-19(17)28-4/h7-8,13,18,25H,5-6,9-12,14-15H2,1-4H3,(H2,22,23,24). The Hall–Kier alpha value is -1.99. The van der Waals surface area contributed by atoms with Crippen LogP contribution in [0.2, 0.25) is 0 Å². The molecule has 0 radical (unpaired) electrons. The van der Waals surface area contributed by atoms with E-state index in [1.54, 1.807) is 33.5 Å². The number of rotatable bonds is 11. The van der Waals surface area contributed by atoms with Crippen LogP contribution in [0, 0.1) is 5.41 Å². The summed E-state index contributed by atoms with van der Waals surface area (Å²) in [6.07, 6.45) is 3.94. The van der Waals surface area contributed by atoms with Gasteiger partial charge in [0.15, 0.2) is 5.96 Å². The fourth-order valence-corrected chi connectivity index (χ4v) is 3.47. The minimum Gasteiger partial charge on any atom is -0.497 e. The van der Waals surface area contributed by atoms with E-state index in [2.05, 4.69) is 10.6 Å². The number of nitrogens with zero attached hydrogens (tertiary/aromatic N) is 1. The molecule has 1 aliphatic rings. The Bertz CT molecular complexity index is 632. The van der Waals surface area contributed by atoms with E-state index in [1.165, 1.54) is 19.3 Å². The highest BCUT2D eigenvalue weighted by Crippen LogP contribution is 2.44. The number of aliphatic hydroxyl groups excluding tert-OH is 1. The molecule has 7 heteroatoms. The fourth-order valence-electron chi connectivity index (χ4n) is 3.47. The Kier molecular flexibility index (Phi) is 8.86. The summed E-state index contributed by atoms with van der Waals surface area (Å²) in [7, 11) is 4.94. The van der Waals surface area contributed by atoms with Crippen LogP contribution in [0.15, 0.2) is 23.2 Å². The predicted molar refractivity (Wildman–Crippen MR) is 111 cm³/mol. The van der Waals surface area contributed by atoms with Crippen LogP contribution < -0.4 is 20.1 Å². The summed E-state index contributed by atoms with van der Waals surface area (Å²) in [5, 5.41) is 17.2. The van der Waals surface area contributed by atoms with Crippen LogP contribution in [0.25, 0.3) is 0 Å². The Balaban J connectivity index is 2.00. The number of nitrogens with one attached hydrogen (secondary N) is 2. The van der Waals surface area contributed by atoms with Crippen molar-refractivity contribution in [2.24, 2.45) is 10.4 Å². The van der Waals surface area contributed by atoms with Crippen molar-refractivity contribution in [1.82, 2.24) is 10.6 Å². The van der Waals surface area contributed by atoms with E-state index < -0.39 is 6.10 Å². The summed E-state index contributed by atoms with van der Waals surface area (Å²) < 4.78 is 15.9. The molecule has 1 aliphatic carbocycles. The summed E-state index contributed by atoms with van der Waals surface area (Å²) >= 11 is 0. The lowest BCUT2D eigenvalue weighted by Crippen LogP contribution is -2.41. The summed E-state index contributed by atoms with van der Waals surface area (Å²) in [6, 6.07) is 5.41. The molecule has 0 saturated heterocycles. The number of benzene rings is 1. The van der Waals surface area contributed by atoms with Gasteiger partial charge in [-0.05, 0) is 49.8 Å². The van der Waals surface area contributed by atoms with E-state index in [0.29, 0.717) is 29.6 Å². The SMILES string of the molecule is CCNC(=NCC1(CCOC)CCC1)NCC(O)c1cc(OC)ccc1OC. The fraction of sp³-hybridized carbons (Fsp3) is 0.667. The van der Waals surface area contributed by atoms with Crippen molar-refractivity contribution in [2.75, 3.05) is 47.6 Å². The maximum Gasteiger partial charge on any atom is 0.191 e. The first kappa shape index (κ1) is 22.3. The van der Waals surface area contributed by atoms with E-state index >= 15 is 0 Å². The molecule has 158 valence electrons. The predicted octanol–water partition coefficient (Wildman–Crippen LogP) is 2.50. The Morgan fingerprint density at radius 3 is 2.57 bits per heavy atom. The maximum atomic E-state index is 10.7. The number of ether oxygens (including phenoxy) is 3. The van der Waals surface area contributed by atoms with Crippen LogP contribution in [-0.4, -0.2) is 58.6 Å². The van der Waals surface area contributed by atoms with E-state index in [9.17, 15) is 5.11 Å². The van der Waals surface area contributed by atoms with Gasteiger partial charge in [-0.3, -0.25) is 4.99 Å². The molecule has 1 saturated carbocycles. The highest BCUT2D eigenvalue weighted by Gasteiger charge is 2.36. The largest absolute Gasteiger partial charge is 0.497 e. The van der Waals surface area contributed by atoms with Crippen molar-refractivity contribution in [1.29, 1.82) is 0 Å². The molecule has 1 atom stereocenters. The molecule has 0 aliphatic heterocycles. The molecule has 0 heterocycles. The quantitative estimate of drug-likeness (QED) is 0.396. The van der Waals surface area contributed by atoms with Crippen molar-refractivity contribution in [3.05, 3.63) is 23.8 Å². The van der Waals surface area contributed by atoms with Crippen LogP contribution in [0.5, 0.6) is 11.5 Å². The van der Waals surface area contributed by atoms with Crippen molar-refractivity contribution in [3.63, 3.8) is 0 Å². The van der Waals surface area contributed by atoms with Crippen LogP contribution >= 0.6 is 0 Å². The molecule has 0 spiro atoms. The molecule has 7 nitrogen and oxygen atoms in total. The zero-order chi connectivity index (χ0) is 20.4. The molecule has 2 rings (SSSR count). The van der Waals surface area contributed by atoms with Gasteiger partial charge in [0.1, 0.15) is 11.5 Å². The van der Waals surface area contributed by atoms with E-state index in [1.807, 2.05) is 13.0 Å². The summed E-state index contributed by atoms with van der Waals surface area (Å²) in [4.78, 5) is 4.77. The average Bonchev–Trinajstić information content (AvgIpc) is 2.69. The number of methoxy groups -OCH3 is 3. The minimum atomic E-state index is -0.750. The first-order chi connectivity index (χ1) is 13.6. The maximum absolute atomic E-state index is 10.7. The third-order valence-corrected chi connectivity index (χ3v) is 5.43. The van der Waals surface area contributed by atoms with E-state index in [0.717, 1.165) is 26.1 Å². The van der Waals surface area contributed by atoms with Crippen molar-refractivity contribution < 1.29 is 19.3 Å². The van der Waals surface area contributed by atoms with Gasteiger partial charge in [0, 0.05) is 38.9 Å². The first-order valence-electron chi connectivity index (χ1n) is 9.98. The normalized spacial score (nSPS) is 16.8. The summed E-state index contributed by atoms with van der Waals surface area (Å²) in [6.45, 7) is 4.65.